The van der Waals surface area contributed by atoms with Gasteiger partial charge in [-0.1, -0.05) is 18.2 Å². The zero-order valence-electron chi connectivity index (χ0n) is 16.1. The molecule has 152 valence electrons. The van der Waals surface area contributed by atoms with Gasteiger partial charge in [-0.15, -0.1) is 11.8 Å². The predicted octanol–water partition coefficient (Wildman–Crippen LogP) is 3.50. The molecule has 0 bridgehead atoms. The molecule has 1 aliphatic rings. The van der Waals surface area contributed by atoms with E-state index in [2.05, 4.69) is 5.32 Å². The summed E-state index contributed by atoms with van der Waals surface area (Å²) >= 11 is 1.39. The predicted molar refractivity (Wildman–Crippen MR) is 112 cm³/mol. The Balaban J connectivity index is 1.47. The molecule has 0 spiro atoms. The Kier molecular flexibility index (Phi) is 6.87. The van der Waals surface area contributed by atoms with Crippen LogP contribution in [0.1, 0.15) is 30.1 Å². The van der Waals surface area contributed by atoms with E-state index in [1.165, 1.54) is 23.9 Å². The maximum atomic E-state index is 12.7. The van der Waals surface area contributed by atoms with Crippen LogP contribution in [0.25, 0.3) is 0 Å². The SMILES string of the molecule is C[C@H](Sc1ccc([N+](=O)[O-])cc1)C(=O)N1CCC(NC(=O)c2ccccc2)CC1. The Labute approximate surface area is 173 Å². The first-order valence-electron chi connectivity index (χ1n) is 9.50. The number of nitro benzene ring substituents is 1. The smallest absolute Gasteiger partial charge is 0.269 e. The van der Waals surface area contributed by atoms with Gasteiger partial charge in [0.25, 0.3) is 11.6 Å². The quantitative estimate of drug-likeness (QED) is 0.445. The minimum atomic E-state index is -0.441. The molecular formula is C21H23N3O4S. The van der Waals surface area contributed by atoms with E-state index in [-0.39, 0.29) is 28.8 Å². The van der Waals surface area contributed by atoms with Crippen LogP contribution in [0.5, 0.6) is 0 Å². The van der Waals surface area contributed by atoms with Crippen LogP contribution in [0.2, 0.25) is 0 Å². The molecule has 0 radical (unpaired) electrons. The zero-order chi connectivity index (χ0) is 20.8. The van der Waals surface area contributed by atoms with Crippen molar-refractivity contribution >= 4 is 29.3 Å². The lowest BCUT2D eigenvalue weighted by Gasteiger charge is -2.33. The van der Waals surface area contributed by atoms with Gasteiger partial charge in [-0.3, -0.25) is 19.7 Å². The molecule has 1 aliphatic heterocycles. The van der Waals surface area contributed by atoms with Crippen molar-refractivity contribution in [1.29, 1.82) is 0 Å². The highest BCUT2D eigenvalue weighted by Crippen LogP contribution is 2.27. The van der Waals surface area contributed by atoms with E-state index < -0.39 is 4.92 Å². The van der Waals surface area contributed by atoms with Crippen molar-refractivity contribution in [1.82, 2.24) is 10.2 Å². The van der Waals surface area contributed by atoms with Gasteiger partial charge >= 0.3 is 0 Å². The van der Waals surface area contributed by atoms with Gasteiger partial charge in [0.15, 0.2) is 0 Å². The van der Waals surface area contributed by atoms with Crippen LogP contribution in [0.4, 0.5) is 5.69 Å². The lowest BCUT2D eigenvalue weighted by atomic mass is 10.0. The maximum Gasteiger partial charge on any atom is 0.269 e. The number of carbonyl (C=O) groups excluding carboxylic acids is 2. The first-order valence-corrected chi connectivity index (χ1v) is 10.4. The fraction of sp³-hybridized carbons (Fsp3) is 0.333. The van der Waals surface area contributed by atoms with E-state index in [4.69, 9.17) is 0 Å². The molecule has 1 heterocycles. The minimum Gasteiger partial charge on any atom is -0.349 e. The van der Waals surface area contributed by atoms with Gasteiger partial charge in [0.1, 0.15) is 0 Å². The molecule has 0 aromatic heterocycles. The number of hydrogen-bond donors (Lipinski definition) is 1. The summed E-state index contributed by atoms with van der Waals surface area (Å²) in [4.78, 5) is 37.9. The summed E-state index contributed by atoms with van der Waals surface area (Å²) in [6.45, 7) is 3.05. The molecule has 1 N–H and O–H groups in total. The highest BCUT2D eigenvalue weighted by molar-refractivity contribution is 8.00. The van der Waals surface area contributed by atoms with E-state index in [0.717, 1.165) is 17.7 Å². The standard InChI is InChI=1S/C21H23N3O4S/c1-15(29-19-9-7-18(8-10-19)24(27)28)21(26)23-13-11-17(12-14-23)22-20(25)16-5-3-2-4-6-16/h2-10,15,17H,11-14H2,1H3,(H,22,25)/t15-/m0/s1. The van der Waals surface area contributed by atoms with Crippen molar-refractivity contribution in [2.45, 2.75) is 36.0 Å². The second-order valence-electron chi connectivity index (χ2n) is 6.95. The number of carbonyl (C=O) groups is 2. The number of hydrogen-bond acceptors (Lipinski definition) is 5. The van der Waals surface area contributed by atoms with Crippen molar-refractivity contribution in [2.24, 2.45) is 0 Å². The summed E-state index contributed by atoms with van der Waals surface area (Å²) in [5.74, 6) is -0.0429. The lowest BCUT2D eigenvalue weighted by Crippen LogP contribution is -2.48. The van der Waals surface area contributed by atoms with E-state index in [1.807, 2.05) is 30.0 Å². The molecule has 2 aromatic carbocycles. The average molecular weight is 413 g/mol. The van der Waals surface area contributed by atoms with Crippen molar-refractivity contribution in [2.75, 3.05) is 13.1 Å². The Morgan fingerprint density at radius 1 is 1.10 bits per heavy atom. The number of nitrogens with one attached hydrogen (secondary N) is 1. The molecule has 1 saturated heterocycles. The largest absolute Gasteiger partial charge is 0.349 e. The fourth-order valence-electron chi connectivity index (χ4n) is 3.26. The second-order valence-corrected chi connectivity index (χ2v) is 8.36. The number of amides is 2. The van der Waals surface area contributed by atoms with E-state index in [0.29, 0.717) is 18.7 Å². The molecule has 2 aromatic rings. The molecule has 0 saturated carbocycles. The molecule has 0 aliphatic carbocycles. The second kappa shape index (κ2) is 9.56. The molecule has 3 rings (SSSR count). The summed E-state index contributed by atoms with van der Waals surface area (Å²) in [6, 6.07) is 15.4. The first-order chi connectivity index (χ1) is 13.9. The normalized spacial score (nSPS) is 15.6. The Morgan fingerprint density at radius 2 is 1.72 bits per heavy atom. The number of non-ortho nitro benzene ring substituents is 1. The van der Waals surface area contributed by atoms with Crippen molar-refractivity contribution in [3.8, 4) is 0 Å². The Hall–Kier alpha value is -2.87. The molecule has 29 heavy (non-hydrogen) atoms. The lowest BCUT2D eigenvalue weighted by molar-refractivity contribution is -0.384. The molecule has 1 fully saturated rings. The molecule has 0 unspecified atom stereocenters. The number of likely N-dealkylation sites (tertiary alicyclic amines) is 1. The van der Waals surface area contributed by atoms with Crippen LogP contribution in [0.15, 0.2) is 59.5 Å². The van der Waals surface area contributed by atoms with E-state index >= 15 is 0 Å². The van der Waals surface area contributed by atoms with Crippen LogP contribution >= 0.6 is 11.8 Å². The third kappa shape index (κ3) is 5.57. The number of rotatable bonds is 6. The van der Waals surface area contributed by atoms with Gasteiger partial charge in [-0.25, -0.2) is 0 Å². The average Bonchev–Trinajstić information content (AvgIpc) is 2.74. The third-order valence-corrected chi connectivity index (χ3v) is 5.99. The summed E-state index contributed by atoms with van der Waals surface area (Å²) < 4.78 is 0. The molecule has 2 amide bonds. The van der Waals surface area contributed by atoms with Crippen LogP contribution in [0, 0.1) is 10.1 Å². The van der Waals surface area contributed by atoms with Crippen molar-refractivity contribution in [3.05, 3.63) is 70.3 Å². The van der Waals surface area contributed by atoms with Gasteiger partial charge in [0.2, 0.25) is 5.91 Å². The molecular weight excluding hydrogens is 390 g/mol. The van der Waals surface area contributed by atoms with Crippen LogP contribution in [-0.4, -0.2) is 46.0 Å². The highest BCUT2D eigenvalue weighted by Gasteiger charge is 2.27. The number of thioether (sulfide) groups is 1. The number of benzene rings is 2. The summed E-state index contributed by atoms with van der Waals surface area (Å²) in [5.41, 5.74) is 0.673. The zero-order valence-corrected chi connectivity index (χ0v) is 16.9. The van der Waals surface area contributed by atoms with Gasteiger partial charge in [-0.2, -0.15) is 0 Å². The van der Waals surface area contributed by atoms with Crippen LogP contribution in [0.3, 0.4) is 0 Å². The highest BCUT2D eigenvalue weighted by atomic mass is 32.2. The number of piperidine rings is 1. The topological polar surface area (TPSA) is 92.6 Å². The fourth-order valence-corrected chi connectivity index (χ4v) is 4.21. The Morgan fingerprint density at radius 3 is 2.31 bits per heavy atom. The van der Waals surface area contributed by atoms with Gasteiger partial charge < -0.3 is 10.2 Å². The summed E-state index contributed by atoms with van der Waals surface area (Å²) in [6.07, 6.45) is 1.44. The maximum absolute atomic E-state index is 12.7. The monoisotopic (exact) mass is 413 g/mol. The molecule has 8 heteroatoms. The minimum absolute atomic E-state index is 0.0351. The number of nitro groups is 1. The van der Waals surface area contributed by atoms with Crippen molar-refractivity contribution < 1.29 is 14.5 Å². The van der Waals surface area contributed by atoms with E-state index in [9.17, 15) is 19.7 Å². The molecule has 1 atom stereocenters. The van der Waals surface area contributed by atoms with Crippen LogP contribution < -0.4 is 5.32 Å². The third-order valence-electron chi connectivity index (χ3n) is 4.89. The van der Waals surface area contributed by atoms with Crippen LogP contribution in [-0.2, 0) is 4.79 Å². The van der Waals surface area contributed by atoms with Gasteiger partial charge in [-0.05, 0) is 44.0 Å². The van der Waals surface area contributed by atoms with Crippen molar-refractivity contribution in [3.63, 3.8) is 0 Å². The first kappa shape index (κ1) is 20.9. The van der Waals surface area contributed by atoms with E-state index in [1.54, 1.807) is 24.3 Å². The van der Waals surface area contributed by atoms with Gasteiger partial charge in [0.05, 0.1) is 10.2 Å². The summed E-state index contributed by atoms with van der Waals surface area (Å²) in [7, 11) is 0. The summed E-state index contributed by atoms with van der Waals surface area (Å²) in [5, 5.41) is 13.5. The molecule has 7 nitrogen and oxygen atoms in total. The number of nitrogens with zero attached hydrogens (tertiary/aromatic N) is 2. The Bertz CT molecular complexity index is 865. The van der Waals surface area contributed by atoms with Gasteiger partial charge in [0, 0.05) is 41.7 Å².